The molecule has 134 valence electrons. The van der Waals surface area contributed by atoms with Gasteiger partial charge in [0.25, 0.3) is 0 Å². The van der Waals surface area contributed by atoms with Crippen LogP contribution >= 0.6 is 0 Å². The molecule has 1 aromatic heterocycles. The first-order chi connectivity index (χ1) is 11.7. The van der Waals surface area contributed by atoms with Gasteiger partial charge in [0, 0.05) is 19.1 Å². The zero-order valence-electron chi connectivity index (χ0n) is 15.3. The Bertz CT molecular complexity index is 539. The molecular formula is C18H30N4O2. The molecule has 3 heterocycles. The Labute approximate surface area is 145 Å². The molecule has 3 rings (SSSR count). The van der Waals surface area contributed by atoms with Gasteiger partial charge in [0.1, 0.15) is 11.5 Å². The summed E-state index contributed by atoms with van der Waals surface area (Å²) in [6.07, 6.45) is 10.3. The molecule has 2 aliphatic rings. The average molecular weight is 334 g/mol. The molecule has 24 heavy (non-hydrogen) atoms. The van der Waals surface area contributed by atoms with Crippen molar-refractivity contribution in [1.29, 1.82) is 0 Å². The molecule has 0 aromatic carbocycles. The van der Waals surface area contributed by atoms with E-state index in [-0.39, 0.29) is 0 Å². The van der Waals surface area contributed by atoms with E-state index in [4.69, 9.17) is 0 Å². The predicted octanol–water partition coefficient (Wildman–Crippen LogP) is 2.35. The summed E-state index contributed by atoms with van der Waals surface area (Å²) in [5.74, 6) is 0.778. The number of hydrogen-bond donors (Lipinski definition) is 0. The van der Waals surface area contributed by atoms with Crippen molar-refractivity contribution in [3.05, 3.63) is 29.9 Å². The van der Waals surface area contributed by atoms with Gasteiger partial charge in [-0.2, -0.15) is 0 Å². The molecule has 1 fully saturated rings. The average Bonchev–Trinajstić information content (AvgIpc) is 3.23. The quantitative estimate of drug-likeness (QED) is 0.629. The van der Waals surface area contributed by atoms with Crippen molar-refractivity contribution in [2.24, 2.45) is 0 Å². The third-order valence-electron chi connectivity index (χ3n) is 4.19. The SMILES string of the molecule is C/C=C/C1CCCN1C.CC.O=Cc1cnc2n1CCN(C=O)C2. The molecule has 0 spiro atoms. The Balaban J connectivity index is 0.000000230. The van der Waals surface area contributed by atoms with Gasteiger partial charge in [-0.05, 0) is 33.4 Å². The highest BCUT2D eigenvalue weighted by molar-refractivity contribution is 5.72. The lowest BCUT2D eigenvalue weighted by molar-refractivity contribution is -0.119. The minimum absolute atomic E-state index is 0.497. The minimum Gasteiger partial charge on any atom is -0.336 e. The number of imidazole rings is 1. The fraction of sp³-hybridized carbons (Fsp3) is 0.611. The molecule has 0 bridgehead atoms. The van der Waals surface area contributed by atoms with Crippen molar-refractivity contribution < 1.29 is 9.59 Å². The molecule has 6 nitrogen and oxygen atoms in total. The molecule has 2 aliphatic heterocycles. The number of aromatic nitrogens is 2. The van der Waals surface area contributed by atoms with Crippen molar-refractivity contribution in [3.8, 4) is 0 Å². The van der Waals surface area contributed by atoms with Crippen LogP contribution in [0.5, 0.6) is 0 Å². The summed E-state index contributed by atoms with van der Waals surface area (Å²) < 4.78 is 1.84. The van der Waals surface area contributed by atoms with Crippen LogP contribution in [0, 0.1) is 0 Å². The first-order valence-corrected chi connectivity index (χ1v) is 8.71. The van der Waals surface area contributed by atoms with E-state index in [9.17, 15) is 9.59 Å². The second-order valence-corrected chi connectivity index (χ2v) is 5.66. The highest BCUT2D eigenvalue weighted by Gasteiger charge is 2.18. The summed E-state index contributed by atoms with van der Waals surface area (Å²) in [6, 6.07) is 0.731. The van der Waals surface area contributed by atoms with Crippen LogP contribution in [-0.4, -0.2) is 58.2 Å². The monoisotopic (exact) mass is 334 g/mol. The summed E-state index contributed by atoms with van der Waals surface area (Å²) in [5, 5.41) is 0. The molecule has 1 amide bonds. The Morgan fingerprint density at radius 2 is 1.96 bits per heavy atom. The summed E-state index contributed by atoms with van der Waals surface area (Å²) in [4.78, 5) is 29.1. The van der Waals surface area contributed by atoms with Crippen LogP contribution in [-0.2, 0) is 17.9 Å². The number of fused-ring (bicyclic) bond motifs is 1. The summed E-state index contributed by atoms with van der Waals surface area (Å²) in [5.41, 5.74) is 0.584. The number of hydrogen-bond acceptors (Lipinski definition) is 4. The molecular weight excluding hydrogens is 304 g/mol. The summed E-state index contributed by atoms with van der Waals surface area (Å²) in [7, 11) is 2.19. The zero-order chi connectivity index (χ0) is 17.9. The molecule has 1 aromatic rings. The maximum Gasteiger partial charge on any atom is 0.210 e. The van der Waals surface area contributed by atoms with Crippen molar-refractivity contribution in [3.63, 3.8) is 0 Å². The van der Waals surface area contributed by atoms with Gasteiger partial charge < -0.3 is 9.47 Å². The Morgan fingerprint density at radius 3 is 2.50 bits per heavy atom. The predicted molar refractivity (Wildman–Crippen MR) is 95.9 cm³/mol. The van der Waals surface area contributed by atoms with Crippen molar-refractivity contribution >= 4 is 12.7 Å². The highest BCUT2D eigenvalue weighted by Crippen LogP contribution is 2.15. The van der Waals surface area contributed by atoms with Crippen LogP contribution in [0.3, 0.4) is 0 Å². The third kappa shape index (κ3) is 5.30. The van der Waals surface area contributed by atoms with Crippen molar-refractivity contribution in [1.82, 2.24) is 19.4 Å². The second kappa shape index (κ2) is 10.8. The lowest BCUT2D eigenvalue weighted by Crippen LogP contribution is -2.33. The Hall–Kier alpha value is -1.95. The number of rotatable bonds is 3. The van der Waals surface area contributed by atoms with Crippen LogP contribution in [0.25, 0.3) is 0 Å². The maximum absolute atomic E-state index is 10.5. The smallest absolute Gasteiger partial charge is 0.210 e. The van der Waals surface area contributed by atoms with Crippen molar-refractivity contribution in [2.75, 3.05) is 20.1 Å². The lowest BCUT2D eigenvalue weighted by atomic mass is 10.2. The van der Waals surface area contributed by atoms with E-state index in [1.807, 2.05) is 18.4 Å². The molecule has 0 radical (unpaired) electrons. The normalized spacial score (nSPS) is 19.8. The Morgan fingerprint density at radius 1 is 1.21 bits per heavy atom. The maximum atomic E-state index is 10.5. The Kier molecular flexibility index (Phi) is 9.01. The van der Waals surface area contributed by atoms with E-state index in [1.54, 1.807) is 4.90 Å². The number of carbonyl (C=O) groups is 2. The fourth-order valence-corrected chi connectivity index (χ4v) is 2.89. The number of carbonyl (C=O) groups excluding carboxylic acids is 2. The lowest BCUT2D eigenvalue weighted by Gasteiger charge is -2.24. The van der Waals surface area contributed by atoms with Gasteiger partial charge in [-0.25, -0.2) is 4.98 Å². The number of aldehydes is 1. The van der Waals surface area contributed by atoms with Crippen LogP contribution in [0.4, 0.5) is 0 Å². The van der Waals surface area contributed by atoms with Gasteiger partial charge in [0.15, 0.2) is 6.29 Å². The van der Waals surface area contributed by atoms with Crippen LogP contribution in [0.15, 0.2) is 18.3 Å². The number of allylic oxidation sites excluding steroid dienone is 1. The van der Waals surface area contributed by atoms with E-state index in [2.05, 4.69) is 36.0 Å². The van der Waals surface area contributed by atoms with E-state index in [0.717, 1.165) is 24.6 Å². The van der Waals surface area contributed by atoms with Gasteiger partial charge >= 0.3 is 0 Å². The van der Waals surface area contributed by atoms with E-state index in [1.165, 1.54) is 25.6 Å². The topological polar surface area (TPSA) is 58.4 Å². The van der Waals surface area contributed by atoms with Crippen LogP contribution in [0.1, 0.15) is 49.9 Å². The van der Waals surface area contributed by atoms with Gasteiger partial charge in [0.2, 0.25) is 6.41 Å². The molecule has 1 unspecified atom stereocenters. The summed E-state index contributed by atoms with van der Waals surface area (Å²) >= 11 is 0. The summed E-state index contributed by atoms with van der Waals surface area (Å²) in [6.45, 7) is 9.16. The van der Waals surface area contributed by atoms with Gasteiger partial charge in [-0.1, -0.05) is 26.0 Å². The third-order valence-corrected chi connectivity index (χ3v) is 4.19. The number of amides is 1. The van der Waals surface area contributed by atoms with E-state index >= 15 is 0 Å². The highest BCUT2D eigenvalue weighted by atomic mass is 16.1. The fourth-order valence-electron chi connectivity index (χ4n) is 2.89. The van der Waals surface area contributed by atoms with Gasteiger partial charge in [0.05, 0.1) is 12.7 Å². The number of nitrogens with zero attached hydrogens (tertiary/aromatic N) is 4. The van der Waals surface area contributed by atoms with Gasteiger partial charge in [-0.3, -0.25) is 14.5 Å². The standard InChI is InChI=1S/C8H9N3O2.C8H15N.C2H6/c12-5-7-3-9-8-4-10(6-13)1-2-11(7)8;1-3-5-8-6-4-7-9(8)2;1-2/h3,5-6H,1-2,4H2;3,5,8H,4,6-7H2,1-2H3;1-2H3/b;5-3+;. The zero-order valence-corrected chi connectivity index (χ0v) is 15.3. The van der Waals surface area contributed by atoms with Gasteiger partial charge in [-0.15, -0.1) is 0 Å². The number of likely N-dealkylation sites (N-methyl/N-ethyl adjacent to an activating group) is 1. The molecule has 0 N–H and O–H groups in total. The number of likely N-dealkylation sites (tertiary alicyclic amines) is 1. The van der Waals surface area contributed by atoms with Crippen LogP contribution in [0.2, 0.25) is 0 Å². The molecule has 6 heteroatoms. The molecule has 0 saturated carbocycles. The molecule has 1 saturated heterocycles. The van der Waals surface area contributed by atoms with E-state index in [0.29, 0.717) is 25.3 Å². The molecule has 1 atom stereocenters. The second-order valence-electron chi connectivity index (χ2n) is 5.66. The first-order valence-electron chi connectivity index (χ1n) is 8.71. The van der Waals surface area contributed by atoms with Crippen molar-refractivity contribution in [2.45, 2.75) is 52.7 Å². The van der Waals surface area contributed by atoms with E-state index < -0.39 is 0 Å². The van der Waals surface area contributed by atoms with Crippen LogP contribution < -0.4 is 0 Å². The largest absolute Gasteiger partial charge is 0.336 e. The minimum atomic E-state index is 0.497. The first kappa shape index (κ1) is 20.1. The molecule has 0 aliphatic carbocycles.